The van der Waals surface area contributed by atoms with Gasteiger partial charge in [0.2, 0.25) is 0 Å². The van der Waals surface area contributed by atoms with Crippen molar-refractivity contribution < 1.29 is 41.1 Å². The van der Waals surface area contributed by atoms with Crippen LogP contribution in [0, 0.1) is 0 Å². The fourth-order valence-electron chi connectivity index (χ4n) is 2.76. The Hall–Kier alpha value is -2.33. The number of rotatable bonds is 17. The van der Waals surface area contributed by atoms with E-state index in [1.165, 1.54) is 14.2 Å². The number of benzene rings is 1. The van der Waals surface area contributed by atoms with Crippen LogP contribution in [0.15, 0.2) is 18.2 Å². The lowest BCUT2D eigenvalue weighted by atomic mass is 10.1. The summed E-state index contributed by atoms with van der Waals surface area (Å²) in [4.78, 5) is 22.7. The molecule has 0 heterocycles. The van der Waals surface area contributed by atoms with Gasteiger partial charge in [0.25, 0.3) is 10.1 Å². The molecular weight excluding hydrogens is 440 g/mol. The lowest BCUT2D eigenvalue weighted by molar-refractivity contribution is -0.141. The summed E-state index contributed by atoms with van der Waals surface area (Å²) in [5, 5.41) is 0. The molecule has 0 amide bonds. The summed E-state index contributed by atoms with van der Waals surface area (Å²) in [6, 6.07) is 5.46. The first-order valence-corrected chi connectivity index (χ1v) is 12.4. The Labute approximate surface area is 190 Å². The summed E-state index contributed by atoms with van der Waals surface area (Å²) in [5.41, 5.74) is 0.836. The molecule has 0 saturated heterocycles. The van der Waals surface area contributed by atoms with E-state index < -0.39 is 10.1 Å². The maximum atomic E-state index is 11.5. The van der Waals surface area contributed by atoms with Crippen LogP contribution >= 0.6 is 0 Å². The number of carbonyl (C=O) groups excluding carboxylic acids is 2. The Bertz CT molecular complexity index is 806. The van der Waals surface area contributed by atoms with Crippen LogP contribution in [-0.2, 0) is 39.8 Å². The number of unbranched alkanes of at least 4 members (excludes halogenated alkanes) is 3. The number of esters is 2. The molecule has 0 aliphatic rings. The smallest absolute Gasteiger partial charge is 0.305 e. The van der Waals surface area contributed by atoms with Crippen molar-refractivity contribution in [3.8, 4) is 11.5 Å². The molecule has 0 bridgehead atoms. The maximum absolute atomic E-state index is 11.5. The fraction of sp³-hybridized carbons (Fsp3) is 0.636. The monoisotopic (exact) mass is 474 g/mol. The quantitative estimate of drug-likeness (QED) is 0.191. The standard InChI is InChI=1S/C22H34O9S/c1-27-21(23)9-5-8-14-29-19-11-12-20(18(17-19)10-13-22(24)28-2)30-15-6-4-7-16-31-32(3,25)26/h11-12,17H,4-10,13-16H2,1-3H3. The Morgan fingerprint density at radius 3 is 2.12 bits per heavy atom. The van der Waals surface area contributed by atoms with Gasteiger partial charge in [0.05, 0.1) is 40.3 Å². The third-order valence-electron chi connectivity index (χ3n) is 4.47. The fourth-order valence-corrected chi connectivity index (χ4v) is 3.18. The lowest BCUT2D eigenvalue weighted by Gasteiger charge is -2.14. The van der Waals surface area contributed by atoms with Crippen molar-refractivity contribution >= 4 is 22.1 Å². The van der Waals surface area contributed by atoms with E-state index in [-0.39, 0.29) is 25.0 Å². The topological polar surface area (TPSA) is 114 Å². The van der Waals surface area contributed by atoms with E-state index in [0.29, 0.717) is 56.8 Å². The molecule has 0 radical (unpaired) electrons. The number of hydrogen-bond acceptors (Lipinski definition) is 9. The van der Waals surface area contributed by atoms with Gasteiger partial charge in [-0.25, -0.2) is 0 Å². The summed E-state index contributed by atoms with van der Waals surface area (Å²) >= 11 is 0. The van der Waals surface area contributed by atoms with E-state index in [1.54, 1.807) is 6.07 Å². The molecule has 10 heteroatoms. The van der Waals surface area contributed by atoms with Crippen LogP contribution in [0.1, 0.15) is 50.5 Å². The van der Waals surface area contributed by atoms with E-state index in [4.69, 9.17) is 18.4 Å². The Morgan fingerprint density at radius 1 is 0.812 bits per heavy atom. The molecular formula is C22H34O9S. The number of carbonyl (C=O) groups is 2. The zero-order valence-corrected chi connectivity index (χ0v) is 19.9. The van der Waals surface area contributed by atoms with E-state index in [1.807, 2.05) is 12.1 Å². The SMILES string of the molecule is COC(=O)CCCCOc1ccc(OCCCCCOS(C)(=O)=O)c(CCC(=O)OC)c1. The predicted octanol–water partition coefficient (Wildman–Crippen LogP) is 3.04. The van der Waals surface area contributed by atoms with E-state index in [2.05, 4.69) is 4.74 Å². The molecule has 9 nitrogen and oxygen atoms in total. The van der Waals surface area contributed by atoms with Crippen molar-refractivity contribution in [1.29, 1.82) is 0 Å². The highest BCUT2D eigenvalue weighted by atomic mass is 32.2. The van der Waals surface area contributed by atoms with Gasteiger partial charge < -0.3 is 18.9 Å². The van der Waals surface area contributed by atoms with Crippen molar-refractivity contribution in [2.75, 3.05) is 40.3 Å². The second kappa shape index (κ2) is 15.5. The van der Waals surface area contributed by atoms with Crippen molar-refractivity contribution in [2.24, 2.45) is 0 Å². The van der Waals surface area contributed by atoms with Crippen molar-refractivity contribution in [3.63, 3.8) is 0 Å². The van der Waals surface area contributed by atoms with E-state index >= 15 is 0 Å². The third kappa shape index (κ3) is 13.2. The van der Waals surface area contributed by atoms with Gasteiger partial charge in [0.15, 0.2) is 0 Å². The van der Waals surface area contributed by atoms with Crippen LogP contribution in [0.25, 0.3) is 0 Å². The number of hydrogen-bond donors (Lipinski definition) is 0. The highest BCUT2D eigenvalue weighted by Gasteiger charge is 2.10. The van der Waals surface area contributed by atoms with Gasteiger partial charge in [-0.1, -0.05) is 0 Å². The van der Waals surface area contributed by atoms with E-state index in [0.717, 1.165) is 24.7 Å². The molecule has 0 atom stereocenters. The molecule has 1 aromatic carbocycles. The molecule has 0 unspecified atom stereocenters. The summed E-state index contributed by atoms with van der Waals surface area (Å²) in [6.07, 6.45) is 5.57. The average molecular weight is 475 g/mol. The first-order valence-electron chi connectivity index (χ1n) is 10.6. The molecule has 182 valence electrons. The van der Waals surface area contributed by atoms with Crippen LogP contribution < -0.4 is 9.47 Å². The molecule has 0 saturated carbocycles. The minimum Gasteiger partial charge on any atom is -0.494 e. The average Bonchev–Trinajstić information content (AvgIpc) is 2.76. The third-order valence-corrected chi connectivity index (χ3v) is 5.07. The molecule has 0 aliphatic heterocycles. The zero-order chi connectivity index (χ0) is 23.8. The number of methoxy groups -OCH3 is 2. The van der Waals surface area contributed by atoms with Crippen LogP contribution in [0.2, 0.25) is 0 Å². The molecule has 0 spiro atoms. The van der Waals surface area contributed by atoms with Gasteiger partial charge >= 0.3 is 11.9 Å². The maximum Gasteiger partial charge on any atom is 0.305 e. The van der Waals surface area contributed by atoms with Crippen LogP contribution in [0.4, 0.5) is 0 Å². The number of ether oxygens (including phenoxy) is 4. The first kappa shape index (κ1) is 27.7. The van der Waals surface area contributed by atoms with Crippen molar-refractivity contribution in [3.05, 3.63) is 23.8 Å². The largest absolute Gasteiger partial charge is 0.494 e. The Kier molecular flexibility index (Phi) is 13.4. The van der Waals surface area contributed by atoms with Crippen molar-refractivity contribution in [1.82, 2.24) is 0 Å². The van der Waals surface area contributed by atoms with Crippen LogP contribution in [0.5, 0.6) is 11.5 Å². The summed E-state index contributed by atoms with van der Waals surface area (Å²) < 4.78 is 47.5. The molecule has 0 aliphatic carbocycles. The van der Waals surface area contributed by atoms with Crippen LogP contribution in [0.3, 0.4) is 0 Å². The second-order valence-electron chi connectivity index (χ2n) is 7.16. The molecule has 1 rings (SSSR count). The Balaban J connectivity index is 2.52. The molecule has 0 aromatic heterocycles. The van der Waals surface area contributed by atoms with Crippen molar-refractivity contribution in [2.45, 2.75) is 51.4 Å². The second-order valence-corrected chi connectivity index (χ2v) is 8.81. The normalized spacial score (nSPS) is 11.1. The van der Waals surface area contributed by atoms with Gasteiger partial charge in [0, 0.05) is 12.8 Å². The highest BCUT2D eigenvalue weighted by Crippen LogP contribution is 2.26. The predicted molar refractivity (Wildman–Crippen MR) is 118 cm³/mol. The summed E-state index contributed by atoms with van der Waals surface area (Å²) in [5.74, 6) is 0.781. The van der Waals surface area contributed by atoms with Crippen LogP contribution in [-0.4, -0.2) is 60.7 Å². The molecule has 0 N–H and O–H groups in total. The summed E-state index contributed by atoms with van der Waals surface area (Å²) in [6.45, 7) is 1.08. The Morgan fingerprint density at radius 2 is 1.44 bits per heavy atom. The molecule has 0 fully saturated rings. The summed E-state index contributed by atoms with van der Waals surface area (Å²) in [7, 11) is -0.687. The highest BCUT2D eigenvalue weighted by molar-refractivity contribution is 7.85. The number of aryl methyl sites for hydroxylation is 1. The van der Waals surface area contributed by atoms with Gasteiger partial charge in [-0.3, -0.25) is 13.8 Å². The minimum atomic E-state index is -3.40. The lowest BCUT2D eigenvalue weighted by Crippen LogP contribution is -2.07. The van der Waals surface area contributed by atoms with Gasteiger partial charge in [0.1, 0.15) is 11.5 Å². The minimum absolute atomic E-state index is 0.162. The molecule has 32 heavy (non-hydrogen) atoms. The molecule has 1 aromatic rings. The zero-order valence-electron chi connectivity index (χ0n) is 19.1. The van der Waals surface area contributed by atoms with E-state index in [9.17, 15) is 18.0 Å². The van der Waals surface area contributed by atoms with Gasteiger partial charge in [-0.05, 0) is 62.3 Å². The van der Waals surface area contributed by atoms with Gasteiger partial charge in [-0.15, -0.1) is 0 Å². The first-order chi connectivity index (χ1) is 15.2. The van der Waals surface area contributed by atoms with Gasteiger partial charge in [-0.2, -0.15) is 8.42 Å².